The van der Waals surface area contributed by atoms with Gasteiger partial charge in [0.1, 0.15) is 11.3 Å². The summed E-state index contributed by atoms with van der Waals surface area (Å²) in [6.07, 6.45) is 0.714. The van der Waals surface area contributed by atoms with Gasteiger partial charge in [-0.05, 0) is 30.7 Å². The third kappa shape index (κ3) is 4.98. The van der Waals surface area contributed by atoms with E-state index in [2.05, 4.69) is 4.72 Å². The van der Waals surface area contributed by atoms with E-state index < -0.39 is 10.0 Å². The molecule has 0 atom stereocenters. The van der Waals surface area contributed by atoms with Crippen LogP contribution in [0, 0.1) is 6.92 Å². The number of fused-ring (bicyclic) bond motifs is 1. The molecular weight excluding hydrogens is 416 g/mol. The molecule has 1 heterocycles. The Morgan fingerprint density at radius 1 is 1.19 bits per heavy atom. The number of nitrogens with zero attached hydrogens (tertiary/aromatic N) is 1. The zero-order chi connectivity index (χ0) is 22.6. The molecule has 1 amide bonds. The normalized spacial score (nSPS) is 11.7. The van der Waals surface area contributed by atoms with Crippen molar-refractivity contribution in [3.63, 3.8) is 0 Å². The summed E-state index contributed by atoms with van der Waals surface area (Å²) in [6, 6.07) is 12.3. The molecule has 31 heavy (non-hydrogen) atoms. The molecule has 3 rings (SSSR count). The van der Waals surface area contributed by atoms with Crippen LogP contribution in [0.4, 0.5) is 0 Å². The first-order chi connectivity index (χ1) is 14.8. The number of ether oxygens (including phenoxy) is 1. The topological polar surface area (TPSA) is 88.9 Å². The molecule has 0 radical (unpaired) electrons. The first kappa shape index (κ1) is 23.0. The maximum atomic E-state index is 13.2. The second-order valence-electron chi connectivity index (χ2n) is 7.38. The summed E-state index contributed by atoms with van der Waals surface area (Å²) in [7, 11) is -0.527. The molecule has 8 heteroatoms. The zero-order valence-corrected chi connectivity index (χ0v) is 19.1. The Bertz CT molecular complexity index is 1180. The van der Waals surface area contributed by atoms with E-state index in [4.69, 9.17) is 9.15 Å². The van der Waals surface area contributed by atoms with E-state index >= 15 is 0 Å². The van der Waals surface area contributed by atoms with Gasteiger partial charge in [0.2, 0.25) is 10.0 Å². The summed E-state index contributed by atoms with van der Waals surface area (Å²) in [5.41, 5.74) is 2.82. The van der Waals surface area contributed by atoms with Crippen LogP contribution in [0.15, 0.2) is 51.8 Å². The van der Waals surface area contributed by atoms with E-state index in [0.717, 1.165) is 22.3 Å². The number of carbonyl (C=O) groups is 1. The van der Waals surface area contributed by atoms with Crippen LogP contribution in [0.25, 0.3) is 11.0 Å². The van der Waals surface area contributed by atoms with Gasteiger partial charge in [-0.1, -0.05) is 31.2 Å². The van der Waals surface area contributed by atoms with Crippen molar-refractivity contribution in [3.8, 4) is 0 Å². The molecule has 0 aliphatic heterocycles. The van der Waals surface area contributed by atoms with Gasteiger partial charge in [0, 0.05) is 50.2 Å². The van der Waals surface area contributed by atoms with Crippen molar-refractivity contribution in [1.82, 2.24) is 9.62 Å². The average molecular weight is 445 g/mol. The fraction of sp³-hybridized carbons (Fsp3) is 0.348. The number of para-hydroxylation sites is 1. The van der Waals surface area contributed by atoms with E-state index in [1.165, 1.54) is 19.2 Å². The molecule has 1 aromatic heterocycles. The Hall–Kier alpha value is -2.68. The second-order valence-corrected chi connectivity index (χ2v) is 9.15. The Balaban J connectivity index is 1.88. The number of sulfonamides is 1. The summed E-state index contributed by atoms with van der Waals surface area (Å²) in [4.78, 5) is 14.9. The van der Waals surface area contributed by atoms with E-state index in [0.29, 0.717) is 24.1 Å². The third-order valence-electron chi connectivity index (χ3n) is 5.19. The van der Waals surface area contributed by atoms with Crippen molar-refractivity contribution in [2.24, 2.45) is 0 Å². The monoisotopic (exact) mass is 444 g/mol. The Labute approximate surface area is 183 Å². The largest absolute Gasteiger partial charge is 0.461 e. The number of aryl methyl sites for hydroxylation is 2. The van der Waals surface area contributed by atoms with Crippen LogP contribution in [0.1, 0.15) is 34.2 Å². The van der Waals surface area contributed by atoms with Gasteiger partial charge in [-0.2, -0.15) is 0 Å². The minimum Gasteiger partial charge on any atom is -0.461 e. The second kappa shape index (κ2) is 9.64. The number of amides is 1. The molecule has 0 aliphatic carbocycles. The molecular formula is C23H28N2O5S. The molecule has 0 bridgehead atoms. The number of hydrogen-bond acceptors (Lipinski definition) is 5. The first-order valence-corrected chi connectivity index (χ1v) is 11.6. The minimum absolute atomic E-state index is 0.0500. The lowest BCUT2D eigenvalue weighted by Crippen LogP contribution is -2.29. The fourth-order valence-electron chi connectivity index (χ4n) is 3.48. The summed E-state index contributed by atoms with van der Waals surface area (Å²) in [6.45, 7) is 4.58. The maximum absolute atomic E-state index is 13.2. The number of furan rings is 1. The van der Waals surface area contributed by atoms with Gasteiger partial charge in [0.15, 0.2) is 0 Å². The van der Waals surface area contributed by atoms with Gasteiger partial charge < -0.3 is 14.1 Å². The molecule has 0 saturated carbocycles. The number of rotatable bonds is 9. The summed E-state index contributed by atoms with van der Waals surface area (Å²) >= 11 is 0. The molecule has 3 aromatic rings. The van der Waals surface area contributed by atoms with E-state index in [-0.39, 0.29) is 24.0 Å². The smallest absolute Gasteiger partial charge is 0.254 e. The van der Waals surface area contributed by atoms with Crippen LogP contribution in [0.5, 0.6) is 0 Å². The van der Waals surface area contributed by atoms with Gasteiger partial charge >= 0.3 is 0 Å². The molecule has 1 N–H and O–H groups in total. The highest BCUT2D eigenvalue weighted by Gasteiger charge is 2.22. The zero-order valence-electron chi connectivity index (χ0n) is 18.3. The van der Waals surface area contributed by atoms with Crippen LogP contribution in [0.3, 0.4) is 0 Å². The Morgan fingerprint density at radius 3 is 2.65 bits per heavy atom. The van der Waals surface area contributed by atoms with Gasteiger partial charge in [0.05, 0.1) is 11.5 Å². The third-order valence-corrected chi connectivity index (χ3v) is 6.65. The lowest BCUT2D eigenvalue weighted by molar-refractivity contribution is 0.0784. The van der Waals surface area contributed by atoms with Gasteiger partial charge in [-0.15, -0.1) is 0 Å². The highest BCUT2D eigenvalue weighted by molar-refractivity contribution is 7.89. The predicted molar refractivity (Wildman–Crippen MR) is 120 cm³/mol. The summed E-state index contributed by atoms with van der Waals surface area (Å²) in [5.74, 6) is 0.593. The lowest BCUT2D eigenvalue weighted by atomic mass is 10.1. The molecule has 166 valence electrons. The predicted octanol–water partition coefficient (Wildman–Crippen LogP) is 3.50. The summed E-state index contributed by atoms with van der Waals surface area (Å²) < 4.78 is 38.4. The van der Waals surface area contributed by atoms with Crippen molar-refractivity contribution in [2.45, 2.75) is 31.7 Å². The first-order valence-electron chi connectivity index (χ1n) is 10.1. The summed E-state index contributed by atoms with van der Waals surface area (Å²) in [5, 5.41) is 0.981. The van der Waals surface area contributed by atoms with Crippen LogP contribution < -0.4 is 4.72 Å². The molecule has 2 aromatic carbocycles. The number of nitrogens with one attached hydrogen (secondary N) is 1. The van der Waals surface area contributed by atoms with Crippen molar-refractivity contribution in [2.75, 3.05) is 27.3 Å². The van der Waals surface area contributed by atoms with Gasteiger partial charge in [0.25, 0.3) is 5.91 Å². The molecule has 0 aliphatic rings. The van der Waals surface area contributed by atoms with Crippen molar-refractivity contribution in [1.29, 1.82) is 0 Å². The highest BCUT2D eigenvalue weighted by Crippen LogP contribution is 2.28. The maximum Gasteiger partial charge on any atom is 0.254 e. The number of methoxy groups -OCH3 is 1. The fourth-order valence-corrected chi connectivity index (χ4v) is 4.52. The van der Waals surface area contributed by atoms with Gasteiger partial charge in [-0.25, -0.2) is 13.1 Å². The Kier molecular flexibility index (Phi) is 7.15. The van der Waals surface area contributed by atoms with Crippen molar-refractivity contribution in [3.05, 3.63) is 64.9 Å². The van der Waals surface area contributed by atoms with Crippen molar-refractivity contribution < 1.29 is 22.4 Å². The van der Waals surface area contributed by atoms with Crippen LogP contribution in [0.2, 0.25) is 0 Å². The molecule has 0 unspecified atom stereocenters. The van der Waals surface area contributed by atoms with Crippen molar-refractivity contribution >= 4 is 26.9 Å². The number of benzene rings is 2. The molecule has 7 nitrogen and oxygen atoms in total. The van der Waals surface area contributed by atoms with Crippen LogP contribution in [-0.2, 0) is 27.7 Å². The Morgan fingerprint density at radius 2 is 1.94 bits per heavy atom. The van der Waals surface area contributed by atoms with Crippen LogP contribution in [-0.4, -0.2) is 46.5 Å². The average Bonchev–Trinajstić information content (AvgIpc) is 3.11. The number of carbonyl (C=O) groups excluding carboxylic acids is 1. The van der Waals surface area contributed by atoms with Gasteiger partial charge in [-0.3, -0.25) is 4.79 Å². The molecule has 0 spiro atoms. The van der Waals surface area contributed by atoms with Crippen LogP contribution >= 0.6 is 0 Å². The standard InChI is InChI=1S/C23H28N2O5S/c1-5-21-20(18-8-6-7-9-22(18)30-21)15-25(3)23(26)19-14-17(11-10-16(19)2)31(27,28)24-12-13-29-4/h6-11,14,24H,5,12-13,15H2,1-4H3. The minimum atomic E-state index is -3.74. The number of hydrogen-bond donors (Lipinski definition) is 1. The quantitative estimate of drug-likeness (QED) is 0.510. The SMILES string of the molecule is CCc1oc2ccccc2c1CN(C)C(=O)c1cc(S(=O)(=O)NCCOC)ccc1C. The van der Waals surface area contributed by atoms with E-state index in [1.54, 1.807) is 24.9 Å². The van der Waals surface area contributed by atoms with E-state index in [1.807, 2.05) is 31.2 Å². The van der Waals surface area contributed by atoms with E-state index in [9.17, 15) is 13.2 Å². The lowest BCUT2D eigenvalue weighted by Gasteiger charge is -2.19. The molecule has 0 fully saturated rings. The molecule has 0 saturated heterocycles. The highest BCUT2D eigenvalue weighted by atomic mass is 32.2.